The molecule has 1 atom stereocenters. The van der Waals surface area contributed by atoms with Crippen molar-refractivity contribution in [3.05, 3.63) is 66.0 Å². The topological polar surface area (TPSA) is 93.0 Å². The van der Waals surface area contributed by atoms with E-state index in [0.717, 1.165) is 27.9 Å². The number of H-pyrrole nitrogens is 1. The number of pyridine rings is 1. The first-order valence-electron chi connectivity index (χ1n) is 8.43. The highest BCUT2D eigenvalue weighted by molar-refractivity contribution is 5.95. The first-order chi connectivity index (χ1) is 12.7. The fourth-order valence-corrected chi connectivity index (χ4v) is 2.77. The molecule has 2 heterocycles. The number of hydrogen-bond donors (Lipinski definition) is 3. The van der Waals surface area contributed by atoms with Crippen LogP contribution in [0.5, 0.6) is 5.75 Å². The van der Waals surface area contributed by atoms with Crippen LogP contribution in [-0.2, 0) is 11.2 Å². The van der Waals surface area contributed by atoms with Crippen molar-refractivity contribution in [2.75, 3.05) is 13.7 Å². The highest BCUT2D eigenvalue weighted by atomic mass is 35.5. The Kier molecular flexibility index (Phi) is 9.51. The second-order valence-corrected chi connectivity index (χ2v) is 5.97. The number of hydrogen-bond acceptors (Lipinski definition) is 4. The molecule has 3 rings (SSSR count). The van der Waals surface area contributed by atoms with Crippen molar-refractivity contribution in [3.63, 3.8) is 0 Å². The Labute approximate surface area is 176 Å². The summed E-state index contributed by atoms with van der Waals surface area (Å²) in [4.78, 5) is 19.6. The summed E-state index contributed by atoms with van der Waals surface area (Å²) in [5.41, 5.74) is 8.62. The fourth-order valence-electron chi connectivity index (χ4n) is 2.77. The Morgan fingerprint density at radius 3 is 2.71 bits per heavy atom. The molecule has 0 aliphatic carbocycles. The monoisotopic (exact) mass is 422 g/mol. The molecule has 8 heteroatoms. The van der Waals surface area contributed by atoms with Crippen LogP contribution in [0, 0.1) is 0 Å². The molecule has 0 saturated carbocycles. The number of methoxy groups -OCH3 is 1. The molecule has 0 saturated heterocycles. The van der Waals surface area contributed by atoms with Gasteiger partial charge in [-0.05, 0) is 42.3 Å². The lowest BCUT2D eigenvalue weighted by Gasteiger charge is -2.16. The molecule has 6 nitrogen and oxygen atoms in total. The number of ether oxygens (including phenoxy) is 1. The minimum Gasteiger partial charge on any atom is -0.497 e. The molecule has 28 heavy (non-hydrogen) atoms. The number of rotatable bonds is 7. The molecule has 0 aliphatic rings. The van der Waals surface area contributed by atoms with Gasteiger partial charge in [0.25, 0.3) is 0 Å². The second-order valence-electron chi connectivity index (χ2n) is 5.97. The lowest BCUT2D eigenvalue weighted by molar-refractivity contribution is -0.117. The van der Waals surface area contributed by atoms with Gasteiger partial charge in [-0.15, -0.1) is 24.8 Å². The molecule has 0 aliphatic heterocycles. The maximum absolute atomic E-state index is 12.2. The van der Waals surface area contributed by atoms with Gasteiger partial charge >= 0.3 is 0 Å². The van der Waals surface area contributed by atoms with Gasteiger partial charge in [-0.3, -0.25) is 4.79 Å². The zero-order valence-electron chi connectivity index (χ0n) is 15.4. The number of carbonyl (C=O) groups excluding carboxylic acids is 1. The average molecular weight is 423 g/mol. The zero-order chi connectivity index (χ0) is 18.4. The van der Waals surface area contributed by atoms with Crippen molar-refractivity contribution in [1.29, 1.82) is 0 Å². The number of fused-ring (bicyclic) bond motifs is 1. The van der Waals surface area contributed by atoms with Gasteiger partial charge in [0.2, 0.25) is 5.91 Å². The molecule has 3 aromatic rings. The highest BCUT2D eigenvalue weighted by Gasteiger charge is 2.10. The predicted octanol–water partition coefficient (Wildman–Crippen LogP) is 3.11. The summed E-state index contributed by atoms with van der Waals surface area (Å²) in [5, 5.41) is 3.92. The van der Waals surface area contributed by atoms with Crippen LogP contribution in [0.3, 0.4) is 0 Å². The number of carbonyl (C=O) groups is 1. The molecule has 1 amide bonds. The van der Waals surface area contributed by atoms with Gasteiger partial charge in [0.15, 0.2) is 0 Å². The van der Waals surface area contributed by atoms with Gasteiger partial charge in [-0.2, -0.15) is 0 Å². The van der Waals surface area contributed by atoms with Crippen molar-refractivity contribution in [2.45, 2.75) is 12.5 Å². The van der Waals surface area contributed by atoms with Crippen molar-refractivity contribution < 1.29 is 9.53 Å². The van der Waals surface area contributed by atoms with Crippen LogP contribution in [-0.4, -0.2) is 35.6 Å². The minimum atomic E-state index is -0.174. The van der Waals surface area contributed by atoms with Gasteiger partial charge < -0.3 is 20.8 Å². The molecule has 4 N–H and O–H groups in total. The lowest BCUT2D eigenvalue weighted by Crippen LogP contribution is -2.40. The Morgan fingerprint density at radius 2 is 2.04 bits per heavy atom. The number of aromatic amines is 1. The number of nitrogens with zero attached hydrogens (tertiary/aromatic N) is 1. The van der Waals surface area contributed by atoms with Gasteiger partial charge in [0, 0.05) is 42.0 Å². The van der Waals surface area contributed by atoms with Gasteiger partial charge in [-0.25, -0.2) is 4.98 Å². The van der Waals surface area contributed by atoms with Crippen LogP contribution in [0.25, 0.3) is 17.1 Å². The molecule has 1 aromatic carbocycles. The van der Waals surface area contributed by atoms with Crippen LogP contribution in [0.1, 0.15) is 11.1 Å². The van der Waals surface area contributed by atoms with E-state index in [9.17, 15) is 4.79 Å². The summed E-state index contributed by atoms with van der Waals surface area (Å²) in [6.45, 7) is 0.364. The third kappa shape index (κ3) is 5.99. The zero-order valence-corrected chi connectivity index (χ0v) is 17.1. The van der Waals surface area contributed by atoms with E-state index in [4.69, 9.17) is 10.5 Å². The summed E-state index contributed by atoms with van der Waals surface area (Å²) in [5.74, 6) is 0.630. The molecule has 0 bridgehead atoms. The smallest absolute Gasteiger partial charge is 0.244 e. The van der Waals surface area contributed by atoms with E-state index in [1.54, 1.807) is 19.4 Å². The van der Waals surface area contributed by atoms with Crippen molar-refractivity contribution >= 4 is 47.8 Å². The standard InChI is InChI=1S/C20H22N4O2.2ClH/c1-26-17-7-4-14(5-8-17)11-16(12-21)24-19(25)9-6-15-13-23-20-18(15)3-2-10-22-20;;/h2-10,13,16H,11-12,21H2,1H3,(H,22,23)(H,24,25);2*1H/t16-;;/m0../s1. The number of nitrogens with one attached hydrogen (secondary N) is 2. The summed E-state index contributed by atoms with van der Waals surface area (Å²) in [6, 6.07) is 11.4. The van der Waals surface area contributed by atoms with E-state index in [1.165, 1.54) is 6.08 Å². The minimum absolute atomic E-state index is 0. The van der Waals surface area contributed by atoms with Crippen LogP contribution in [0.15, 0.2) is 54.9 Å². The Bertz CT molecular complexity index is 910. The quantitative estimate of drug-likeness (QED) is 0.509. The third-order valence-electron chi connectivity index (χ3n) is 4.17. The molecule has 2 aromatic heterocycles. The number of aromatic nitrogens is 2. The number of benzene rings is 1. The Morgan fingerprint density at radius 1 is 1.29 bits per heavy atom. The van der Waals surface area contributed by atoms with E-state index in [0.29, 0.717) is 13.0 Å². The van der Waals surface area contributed by atoms with E-state index in [2.05, 4.69) is 15.3 Å². The first kappa shape index (κ1) is 23.5. The molecular weight excluding hydrogens is 399 g/mol. The van der Waals surface area contributed by atoms with Gasteiger partial charge in [-0.1, -0.05) is 12.1 Å². The molecule has 0 unspecified atom stereocenters. The average Bonchev–Trinajstić information content (AvgIpc) is 3.09. The first-order valence-corrected chi connectivity index (χ1v) is 8.43. The van der Waals surface area contributed by atoms with Crippen LogP contribution in [0.4, 0.5) is 0 Å². The summed E-state index contributed by atoms with van der Waals surface area (Å²) >= 11 is 0. The van der Waals surface area contributed by atoms with E-state index < -0.39 is 0 Å². The number of nitrogens with two attached hydrogens (primary N) is 1. The molecule has 0 fully saturated rings. The normalized spacial score (nSPS) is 11.5. The Balaban J connectivity index is 0.00000196. The summed E-state index contributed by atoms with van der Waals surface area (Å²) < 4.78 is 5.15. The SMILES string of the molecule is COc1ccc(C[C@@H](CN)NC(=O)C=Cc2c[nH]c3ncccc23)cc1.Cl.Cl. The van der Waals surface area contributed by atoms with Crippen molar-refractivity contribution in [1.82, 2.24) is 15.3 Å². The van der Waals surface area contributed by atoms with Gasteiger partial charge in [0.1, 0.15) is 11.4 Å². The predicted molar refractivity (Wildman–Crippen MR) is 117 cm³/mol. The largest absolute Gasteiger partial charge is 0.497 e. The summed E-state index contributed by atoms with van der Waals surface area (Å²) in [7, 11) is 1.63. The fraction of sp³-hybridized carbons (Fsp3) is 0.200. The van der Waals surface area contributed by atoms with Crippen LogP contribution >= 0.6 is 24.8 Å². The number of halogens is 2. The summed E-state index contributed by atoms with van der Waals surface area (Å²) in [6.07, 6.45) is 7.52. The molecule has 0 spiro atoms. The van der Waals surface area contributed by atoms with Crippen LogP contribution < -0.4 is 15.8 Å². The van der Waals surface area contributed by atoms with Gasteiger partial charge in [0.05, 0.1) is 7.11 Å². The Hall–Kier alpha value is -2.54. The van der Waals surface area contributed by atoms with E-state index in [-0.39, 0.29) is 36.8 Å². The lowest BCUT2D eigenvalue weighted by atomic mass is 10.1. The number of amides is 1. The van der Waals surface area contributed by atoms with Crippen molar-refractivity contribution in [2.24, 2.45) is 5.73 Å². The molecule has 150 valence electrons. The van der Waals surface area contributed by atoms with E-state index >= 15 is 0 Å². The third-order valence-corrected chi connectivity index (χ3v) is 4.17. The second kappa shape index (κ2) is 11.3. The van der Waals surface area contributed by atoms with E-state index in [1.807, 2.05) is 42.6 Å². The maximum atomic E-state index is 12.2. The van der Waals surface area contributed by atoms with Crippen LogP contribution in [0.2, 0.25) is 0 Å². The maximum Gasteiger partial charge on any atom is 0.244 e. The molecular formula is C20H24Cl2N4O2. The highest BCUT2D eigenvalue weighted by Crippen LogP contribution is 2.17. The molecule has 0 radical (unpaired) electrons. The van der Waals surface area contributed by atoms with Crippen molar-refractivity contribution in [3.8, 4) is 5.75 Å².